The summed E-state index contributed by atoms with van der Waals surface area (Å²) in [5.41, 5.74) is 2.62. The maximum absolute atomic E-state index is 13.7. The molecule has 0 aliphatic heterocycles. The van der Waals surface area contributed by atoms with Crippen LogP contribution in [0.5, 0.6) is 5.75 Å². The molecule has 0 atom stereocenters. The van der Waals surface area contributed by atoms with Gasteiger partial charge in [-0.2, -0.15) is 0 Å². The van der Waals surface area contributed by atoms with Crippen molar-refractivity contribution in [3.63, 3.8) is 0 Å². The Balaban J connectivity index is 2.23. The molecule has 0 amide bonds. The van der Waals surface area contributed by atoms with E-state index >= 15 is 0 Å². The van der Waals surface area contributed by atoms with Gasteiger partial charge in [-0.15, -0.1) is 0 Å². The molecule has 0 fully saturated rings. The summed E-state index contributed by atoms with van der Waals surface area (Å²) in [5, 5.41) is 2.85. The SMILES string of the molecule is COc1c(C)cnc(CNc2cc(F)c(Br)cc2F)c1C. The maximum atomic E-state index is 13.7. The van der Waals surface area contributed by atoms with E-state index in [2.05, 4.69) is 26.2 Å². The van der Waals surface area contributed by atoms with E-state index in [1.807, 2.05) is 13.8 Å². The van der Waals surface area contributed by atoms with E-state index in [9.17, 15) is 8.78 Å². The minimum Gasteiger partial charge on any atom is -0.496 e. The Kier molecular flexibility index (Phi) is 4.77. The zero-order valence-corrected chi connectivity index (χ0v) is 13.5. The lowest BCUT2D eigenvalue weighted by Gasteiger charge is -2.14. The predicted octanol–water partition coefficient (Wildman–Crippen LogP) is 4.36. The molecule has 3 nitrogen and oxygen atoms in total. The number of anilines is 1. The fraction of sp³-hybridized carbons (Fsp3) is 0.267. The molecule has 0 bridgehead atoms. The molecular weight excluding hydrogens is 342 g/mol. The summed E-state index contributed by atoms with van der Waals surface area (Å²) in [5.74, 6) is -0.297. The van der Waals surface area contributed by atoms with Gasteiger partial charge in [0.2, 0.25) is 0 Å². The Morgan fingerprint density at radius 1 is 1.24 bits per heavy atom. The summed E-state index contributed by atoms with van der Waals surface area (Å²) in [7, 11) is 1.59. The lowest BCUT2D eigenvalue weighted by molar-refractivity contribution is 0.407. The van der Waals surface area contributed by atoms with E-state index < -0.39 is 11.6 Å². The molecule has 0 radical (unpaired) electrons. The molecule has 0 saturated carbocycles. The van der Waals surface area contributed by atoms with Crippen LogP contribution >= 0.6 is 15.9 Å². The quantitative estimate of drug-likeness (QED) is 0.826. The first-order valence-corrected chi connectivity index (χ1v) is 7.10. The second kappa shape index (κ2) is 6.39. The molecule has 0 aliphatic carbocycles. The number of aromatic nitrogens is 1. The third kappa shape index (κ3) is 3.32. The van der Waals surface area contributed by atoms with Crippen molar-refractivity contribution in [2.75, 3.05) is 12.4 Å². The highest BCUT2D eigenvalue weighted by atomic mass is 79.9. The molecular formula is C15H15BrF2N2O. The number of nitrogens with one attached hydrogen (secondary N) is 1. The number of pyridine rings is 1. The normalized spacial score (nSPS) is 10.6. The lowest BCUT2D eigenvalue weighted by atomic mass is 10.1. The average molecular weight is 357 g/mol. The highest BCUT2D eigenvalue weighted by Crippen LogP contribution is 2.26. The van der Waals surface area contributed by atoms with Gasteiger partial charge in [-0.1, -0.05) is 0 Å². The molecule has 0 spiro atoms. The summed E-state index contributed by atoms with van der Waals surface area (Å²) in [6, 6.07) is 2.20. The number of halogens is 3. The summed E-state index contributed by atoms with van der Waals surface area (Å²) in [4.78, 5) is 4.30. The molecule has 1 aromatic heterocycles. The van der Waals surface area contributed by atoms with E-state index in [-0.39, 0.29) is 16.7 Å². The summed E-state index contributed by atoms with van der Waals surface area (Å²) >= 11 is 2.94. The largest absolute Gasteiger partial charge is 0.496 e. The molecule has 21 heavy (non-hydrogen) atoms. The van der Waals surface area contributed by atoms with Crippen molar-refractivity contribution in [1.29, 1.82) is 0 Å². The zero-order valence-electron chi connectivity index (χ0n) is 11.9. The van der Waals surface area contributed by atoms with Crippen molar-refractivity contribution < 1.29 is 13.5 Å². The van der Waals surface area contributed by atoms with Gasteiger partial charge in [-0.3, -0.25) is 4.98 Å². The second-order valence-electron chi connectivity index (χ2n) is 4.65. The second-order valence-corrected chi connectivity index (χ2v) is 5.50. The smallest absolute Gasteiger partial charge is 0.147 e. The Bertz CT molecular complexity index is 677. The van der Waals surface area contributed by atoms with E-state index in [1.165, 1.54) is 0 Å². The fourth-order valence-electron chi connectivity index (χ4n) is 2.09. The molecule has 1 heterocycles. The topological polar surface area (TPSA) is 34.1 Å². The van der Waals surface area contributed by atoms with Crippen LogP contribution in [0.3, 0.4) is 0 Å². The van der Waals surface area contributed by atoms with E-state index in [1.54, 1.807) is 13.3 Å². The molecule has 0 unspecified atom stereocenters. The Hall–Kier alpha value is -1.69. The van der Waals surface area contributed by atoms with E-state index in [4.69, 9.17) is 4.74 Å². The Labute approximate surface area is 130 Å². The lowest BCUT2D eigenvalue weighted by Crippen LogP contribution is -2.07. The van der Waals surface area contributed by atoms with Crippen LogP contribution in [0, 0.1) is 25.5 Å². The van der Waals surface area contributed by atoms with Gasteiger partial charge in [-0.05, 0) is 35.8 Å². The van der Waals surface area contributed by atoms with Crippen molar-refractivity contribution in [2.45, 2.75) is 20.4 Å². The van der Waals surface area contributed by atoms with E-state index in [0.29, 0.717) is 0 Å². The van der Waals surface area contributed by atoms with Crippen LogP contribution in [0.1, 0.15) is 16.8 Å². The molecule has 112 valence electrons. The monoisotopic (exact) mass is 356 g/mol. The van der Waals surface area contributed by atoms with Crippen LogP contribution < -0.4 is 10.1 Å². The molecule has 1 N–H and O–H groups in total. The molecule has 2 aromatic rings. The van der Waals surface area contributed by atoms with Crippen LogP contribution in [0.4, 0.5) is 14.5 Å². The van der Waals surface area contributed by atoms with Crippen molar-refractivity contribution in [1.82, 2.24) is 4.98 Å². The third-order valence-electron chi connectivity index (χ3n) is 3.21. The van der Waals surface area contributed by atoms with Crippen LogP contribution in [0.15, 0.2) is 22.8 Å². The number of ether oxygens (including phenoxy) is 1. The maximum Gasteiger partial charge on any atom is 0.147 e. The molecule has 1 aromatic carbocycles. The van der Waals surface area contributed by atoms with Crippen molar-refractivity contribution in [2.24, 2.45) is 0 Å². The molecule has 2 rings (SSSR count). The molecule has 0 saturated heterocycles. The average Bonchev–Trinajstić information content (AvgIpc) is 2.43. The Morgan fingerprint density at radius 2 is 1.95 bits per heavy atom. The number of rotatable bonds is 4. The number of benzene rings is 1. The number of aryl methyl sites for hydroxylation is 1. The van der Waals surface area contributed by atoms with E-state index in [0.717, 1.165) is 34.7 Å². The highest BCUT2D eigenvalue weighted by Gasteiger charge is 2.11. The van der Waals surface area contributed by atoms with Crippen LogP contribution in [0.25, 0.3) is 0 Å². The van der Waals surface area contributed by atoms with Crippen molar-refractivity contribution in [3.05, 3.63) is 51.3 Å². The minimum absolute atomic E-state index is 0.0939. The number of hydrogen-bond donors (Lipinski definition) is 1. The Morgan fingerprint density at radius 3 is 2.62 bits per heavy atom. The standard InChI is InChI=1S/C15H15BrF2N2O/c1-8-6-19-14(9(2)15(8)21-3)7-20-13-5-11(17)10(16)4-12(13)18/h4-6,20H,7H2,1-3H3. The number of methoxy groups -OCH3 is 1. The minimum atomic E-state index is -0.528. The van der Waals surface area contributed by atoms with Gasteiger partial charge in [0.25, 0.3) is 0 Å². The molecule has 6 heteroatoms. The van der Waals surface area contributed by atoms with Gasteiger partial charge in [0.15, 0.2) is 0 Å². The third-order valence-corrected chi connectivity index (χ3v) is 3.81. The number of nitrogens with zero attached hydrogens (tertiary/aromatic N) is 1. The first-order chi connectivity index (χ1) is 9.93. The first kappa shape index (κ1) is 15.7. The van der Waals surface area contributed by atoms with Crippen LogP contribution in [-0.4, -0.2) is 12.1 Å². The highest BCUT2D eigenvalue weighted by molar-refractivity contribution is 9.10. The summed E-state index contributed by atoms with van der Waals surface area (Å²) in [6.45, 7) is 4.06. The van der Waals surface area contributed by atoms with Crippen LogP contribution in [-0.2, 0) is 6.54 Å². The van der Waals surface area contributed by atoms with Crippen LogP contribution in [0.2, 0.25) is 0 Å². The first-order valence-electron chi connectivity index (χ1n) is 6.31. The van der Waals surface area contributed by atoms with Gasteiger partial charge >= 0.3 is 0 Å². The van der Waals surface area contributed by atoms with Gasteiger partial charge in [0.05, 0.1) is 29.5 Å². The van der Waals surface area contributed by atoms with Gasteiger partial charge in [-0.25, -0.2) is 8.78 Å². The molecule has 0 aliphatic rings. The van der Waals surface area contributed by atoms with Gasteiger partial charge in [0, 0.05) is 23.4 Å². The zero-order chi connectivity index (χ0) is 15.6. The fourth-order valence-corrected chi connectivity index (χ4v) is 2.40. The summed E-state index contributed by atoms with van der Waals surface area (Å²) < 4.78 is 32.6. The van der Waals surface area contributed by atoms with Crippen molar-refractivity contribution in [3.8, 4) is 5.75 Å². The van der Waals surface area contributed by atoms with Crippen molar-refractivity contribution >= 4 is 21.6 Å². The summed E-state index contributed by atoms with van der Waals surface area (Å²) in [6.07, 6.45) is 1.70. The van der Waals surface area contributed by atoms with Gasteiger partial charge < -0.3 is 10.1 Å². The van der Waals surface area contributed by atoms with Gasteiger partial charge in [0.1, 0.15) is 17.4 Å². The predicted molar refractivity (Wildman–Crippen MR) is 81.6 cm³/mol. The number of hydrogen-bond acceptors (Lipinski definition) is 3.